The summed E-state index contributed by atoms with van der Waals surface area (Å²) in [5.74, 6) is 0.439. The van der Waals surface area contributed by atoms with Gasteiger partial charge in [-0.25, -0.2) is 0 Å². The van der Waals surface area contributed by atoms with E-state index in [1.165, 1.54) is 0 Å². The maximum absolute atomic E-state index is 5.95. The Bertz CT molecular complexity index is 323. The van der Waals surface area contributed by atoms with E-state index in [9.17, 15) is 0 Å². The second kappa shape index (κ2) is 3.76. The quantitative estimate of drug-likeness (QED) is 0.679. The van der Waals surface area contributed by atoms with E-state index in [0.717, 1.165) is 0 Å². The van der Waals surface area contributed by atoms with Crippen LogP contribution in [0.3, 0.4) is 0 Å². The van der Waals surface area contributed by atoms with Gasteiger partial charge in [-0.2, -0.15) is 0 Å². The summed E-state index contributed by atoms with van der Waals surface area (Å²) >= 11 is 5.31. The van der Waals surface area contributed by atoms with Crippen molar-refractivity contribution in [2.45, 2.75) is 40.7 Å². The normalized spacial score (nSPS) is 44.0. The Kier molecular flexibility index (Phi) is 3.05. The molecule has 16 heavy (non-hydrogen) atoms. The third kappa shape index (κ3) is 1.79. The van der Waals surface area contributed by atoms with Crippen LogP contribution in [0.5, 0.6) is 0 Å². The SMILES string of the molecule is CC(C)[C@@H]1OP2(=S)OCC1(C(C)(C)C)CO2. The van der Waals surface area contributed by atoms with Gasteiger partial charge in [0.15, 0.2) is 0 Å². The van der Waals surface area contributed by atoms with Gasteiger partial charge in [0.2, 0.25) is 0 Å². The van der Waals surface area contributed by atoms with E-state index in [4.69, 9.17) is 25.4 Å². The molecule has 0 aromatic heterocycles. The lowest BCUT2D eigenvalue weighted by Crippen LogP contribution is -2.60. The smallest absolute Gasteiger partial charge is 0.308 e. The first kappa shape index (κ1) is 13.0. The molecule has 0 radical (unpaired) electrons. The minimum absolute atomic E-state index is 0.0677. The fraction of sp³-hybridized carbons (Fsp3) is 1.00. The van der Waals surface area contributed by atoms with Crippen LogP contribution in [0.2, 0.25) is 0 Å². The molecule has 5 heteroatoms. The summed E-state index contributed by atoms with van der Waals surface area (Å²) in [7, 11) is 0. The van der Waals surface area contributed by atoms with E-state index in [0.29, 0.717) is 19.1 Å². The van der Waals surface area contributed by atoms with Crippen molar-refractivity contribution in [2.24, 2.45) is 16.7 Å². The predicted molar refractivity (Wildman–Crippen MR) is 67.8 cm³/mol. The first-order chi connectivity index (χ1) is 7.20. The highest BCUT2D eigenvalue weighted by Crippen LogP contribution is 2.67. The molecule has 3 saturated heterocycles. The summed E-state index contributed by atoms with van der Waals surface area (Å²) in [4.78, 5) is 0. The van der Waals surface area contributed by atoms with Gasteiger partial charge in [0, 0.05) is 0 Å². The standard InChI is InChI=1S/C11H21O3PS/c1-8(2)9-11(10(3,4)5)6-12-15(16,14-9)13-7-11/h8-9H,6-7H2,1-5H3/t9-,11?,15?/m0/s1. The Morgan fingerprint density at radius 1 is 1.25 bits per heavy atom. The van der Waals surface area contributed by atoms with Gasteiger partial charge in [-0.1, -0.05) is 34.6 Å². The number of hydrogen-bond acceptors (Lipinski definition) is 4. The van der Waals surface area contributed by atoms with Crippen molar-refractivity contribution in [3.63, 3.8) is 0 Å². The Labute approximate surface area is 103 Å². The van der Waals surface area contributed by atoms with E-state index in [1.807, 2.05) is 0 Å². The minimum atomic E-state index is -2.42. The summed E-state index contributed by atoms with van der Waals surface area (Å²) in [6.07, 6.45) is 0.154. The molecule has 0 amide bonds. The second-order valence-electron chi connectivity index (χ2n) is 6.17. The van der Waals surface area contributed by atoms with Crippen molar-refractivity contribution in [3.05, 3.63) is 0 Å². The summed E-state index contributed by atoms with van der Waals surface area (Å²) in [6, 6.07) is 0. The molecule has 2 bridgehead atoms. The summed E-state index contributed by atoms with van der Waals surface area (Å²) < 4.78 is 17.3. The summed E-state index contributed by atoms with van der Waals surface area (Å²) in [6.45, 7) is 9.96. The van der Waals surface area contributed by atoms with E-state index in [-0.39, 0.29) is 16.9 Å². The Hall–Kier alpha value is 0.530. The van der Waals surface area contributed by atoms with Gasteiger partial charge >= 0.3 is 6.72 Å². The van der Waals surface area contributed by atoms with Gasteiger partial charge in [0.05, 0.1) is 24.7 Å². The molecule has 0 aliphatic carbocycles. The highest BCUT2D eigenvalue weighted by molar-refractivity contribution is 8.07. The van der Waals surface area contributed by atoms with Crippen molar-refractivity contribution in [1.29, 1.82) is 0 Å². The lowest BCUT2D eigenvalue weighted by Gasteiger charge is -2.58. The van der Waals surface area contributed by atoms with Gasteiger partial charge in [-0.05, 0) is 23.1 Å². The van der Waals surface area contributed by atoms with E-state index in [2.05, 4.69) is 34.6 Å². The Morgan fingerprint density at radius 2 is 1.75 bits per heavy atom. The first-order valence-electron chi connectivity index (χ1n) is 5.78. The molecule has 1 atom stereocenters. The third-order valence-corrected chi connectivity index (χ3v) is 6.11. The second-order valence-corrected chi connectivity index (χ2v) is 9.13. The molecule has 0 aromatic carbocycles. The third-order valence-electron chi connectivity index (χ3n) is 3.85. The highest BCUT2D eigenvalue weighted by atomic mass is 32.5. The highest BCUT2D eigenvalue weighted by Gasteiger charge is 2.60. The van der Waals surface area contributed by atoms with Crippen molar-refractivity contribution in [2.75, 3.05) is 13.2 Å². The minimum Gasteiger partial charge on any atom is -0.308 e. The van der Waals surface area contributed by atoms with E-state index >= 15 is 0 Å². The first-order valence-corrected chi connectivity index (χ1v) is 8.33. The molecule has 0 saturated carbocycles. The maximum atomic E-state index is 5.95. The molecular weight excluding hydrogens is 243 g/mol. The monoisotopic (exact) mass is 264 g/mol. The lowest BCUT2D eigenvalue weighted by molar-refractivity contribution is -0.185. The van der Waals surface area contributed by atoms with E-state index < -0.39 is 6.72 Å². The average Bonchev–Trinajstić information content (AvgIpc) is 2.16. The van der Waals surface area contributed by atoms with E-state index in [1.54, 1.807) is 0 Å². The largest absolute Gasteiger partial charge is 0.327 e. The fourth-order valence-electron chi connectivity index (χ4n) is 2.55. The van der Waals surface area contributed by atoms with Crippen LogP contribution < -0.4 is 0 Å². The van der Waals surface area contributed by atoms with Crippen LogP contribution in [-0.4, -0.2) is 19.3 Å². The van der Waals surface area contributed by atoms with Crippen LogP contribution in [0, 0.1) is 16.7 Å². The number of hydrogen-bond donors (Lipinski definition) is 0. The zero-order valence-corrected chi connectivity index (χ0v) is 12.4. The molecule has 3 nitrogen and oxygen atoms in total. The molecule has 3 fully saturated rings. The number of rotatable bonds is 1. The zero-order valence-electron chi connectivity index (χ0n) is 10.6. The van der Waals surface area contributed by atoms with Gasteiger partial charge in [0.25, 0.3) is 0 Å². The molecule has 0 unspecified atom stereocenters. The molecule has 0 spiro atoms. The maximum Gasteiger partial charge on any atom is 0.327 e. The van der Waals surface area contributed by atoms with Crippen molar-refractivity contribution >= 4 is 18.5 Å². The van der Waals surface area contributed by atoms with Crippen LogP contribution in [-0.2, 0) is 25.4 Å². The van der Waals surface area contributed by atoms with Gasteiger partial charge in [0.1, 0.15) is 0 Å². The van der Waals surface area contributed by atoms with Crippen molar-refractivity contribution in [1.82, 2.24) is 0 Å². The summed E-state index contributed by atoms with van der Waals surface area (Å²) in [5, 5.41) is 0. The molecule has 3 aliphatic heterocycles. The predicted octanol–water partition coefficient (Wildman–Crippen LogP) is 3.35. The molecule has 3 heterocycles. The molecule has 0 aromatic rings. The zero-order chi connectivity index (χ0) is 12.2. The van der Waals surface area contributed by atoms with Crippen LogP contribution in [0.15, 0.2) is 0 Å². The Morgan fingerprint density at radius 3 is 2.12 bits per heavy atom. The molecular formula is C11H21O3PS. The van der Waals surface area contributed by atoms with Crippen LogP contribution in [0.4, 0.5) is 0 Å². The average molecular weight is 264 g/mol. The van der Waals surface area contributed by atoms with Crippen LogP contribution >= 0.6 is 6.72 Å². The molecule has 3 rings (SSSR count). The lowest BCUT2D eigenvalue weighted by atomic mass is 9.62. The fourth-order valence-corrected chi connectivity index (χ4v) is 4.84. The van der Waals surface area contributed by atoms with Gasteiger partial charge in [-0.15, -0.1) is 0 Å². The van der Waals surface area contributed by atoms with Crippen molar-refractivity contribution in [3.8, 4) is 0 Å². The molecule has 94 valence electrons. The Balaban J connectivity index is 2.40. The molecule has 0 N–H and O–H groups in total. The summed E-state index contributed by atoms with van der Waals surface area (Å²) in [5.41, 5.74) is 0.0185. The number of fused-ring (bicyclic) bond motifs is 3. The van der Waals surface area contributed by atoms with Gasteiger partial charge in [-0.3, -0.25) is 0 Å². The van der Waals surface area contributed by atoms with Gasteiger partial charge < -0.3 is 13.6 Å². The van der Waals surface area contributed by atoms with Crippen molar-refractivity contribution < 1.29 is 13.6 Å². The van der Waals surface area contributed by atoms with Crippen LogP contribution in [0.1, 0.15) is 34.6 Å². The van der Waals surface area contributed by atoms with Crippen LogP contribution in [0.25, 0.3) is 0 Å². The topological polar surface area (TPSA) is 27.7 Å². The molecule has 3 aliphatic rings.